The summed E-state index contributed by atoms with van der Waals surface area (Å²) in [5, 5.41) is 20.8. The highest BCUT2D eigenvalue weighted by Gasteiger charge is 2.39. The number of ketones is 1. The van der Waals surface area contributed by atoms with Crippen LogP contribution in [0, 0.1) is 11.8 Å². The lowest BCUT2D eigenvalue weighted by molar-refractivity contribution is -0.140. The summed E-state index contributed by atoms with van der Waals surface area (Å²) in [4.78, 5) is 23.5. The largest absolute Gasteiger partial charge is 0.469 e. The van der Waals surface area contributed by atoms with Gasteiger partial charge in [-0.2, -0.15) is 0 Å². The van der Waals surface area contributed by atoms with E-state index >= 15 is 0 Å². The lowest BCUT2D eigenvalue weighted by Crippen LogP contribution is -2.19. The van der Waals surface area contributed by atoms with Crippen LogP contribution in [0.3, 0.4) is 0 Å². The van der Waals surface area contributed by atoms with Gasteiger partial charge in [-0.05, 0) is 37.3 Å². The van der Waals surface area contributed by atoms with Gasteiger partial charge in [-0.3, -0.25) is 9.59 Å². The fraction of sp³-hybridized carbons (Fsp3) is 0.538. The first-order valence-corrected chi connectivity index (χ1v) is 11.4. The molecule has 1 aromatic carbocycles. The number of methoxy groups -OCH3 is 1. The van der Waals surface area contributed by atoms with Gasteiger partial charge in [-0.25, -0.2) is 0 Å². The molecule has 0 amide bonds. The Morgan fingerprint density at radius 3 is 2.81 bits per heavy atom. The predicted octanol–water partition coefficient (Wildman–Crippen LogP) is 3.54. The molecule has 1 aliphatic rings. The van der Waals surface area contributed by atoms with Crippen LogP contribution in [0.4, 0.5) is 0 Å². The third kappa shape index (κ3) is 8.69. The van der Waals surface area contributed by atoms with E-state index in [2.05, 4.69) is 4.74 Å². The van der Waals surface area contributed by atoms with E-state index in [0.29, 0.717) is 38.9 Å². The average Bonchev–Trinajstić information content (AvgIpc) is 3.05. The van der Waals surface area contributed by atoms with E-state index < -0.39 is 12.2 Å². The van der Waals surface area contributed by atoms with E-state index in [1.807, 2.05) is 43.3 Å². The maximum Gasteiger partial charge on any atom is 0.305 e. The van der Waals surface area contributed by atoms with Gasteiger partial charge in [-0.1, -0.05) is 48.6 Å². The lowest BCUT2D eigenvalue weighted by Gasteiger charge is -2.17. The third-order valence-corrected chi connectivity index (χ3v) is 5.73. The van der Waals surface area contributed by atoms with Gasteiger partial charge in [0, 0.05) is 37.7 Å². The van der Waals surface area contributed by atoms with Crippen molar-refractivity contribution < 1.29 is 29.3 Å². The number of benzene rings is 1. The summed E-state index contributed by atoms with van der Waals surface area (Å²) >= 11 is 0. The van der Waals surface area contributed by atoms with Gasteiger partial charge in [0.1, 0.15) is 5.78 Å². The normalized spacial score (nSPS) is 22.1. The molecule has 2 rings (SSSR count). The van der Waals surface area contributed by atoms with Crippen molar-refractivity contribution in [3.8, 4) is 0 Å². The Morgan fingerprint density at radius 2 is 2.06 bits per heavy atom. The zero-order valence-corrected chi connectivity index (χ0v) is 19.1. The minimum Gasteiger partial charge on any atom is -0.469 e. The Bertz CT molecular complexity index is 784. The van der Waals surface area contributed by atoms with E-state index in [1.54, 1.807) is 12.2 Å². The molecule has 6 nitrogen and oxygen atoms in total. The lowest BCUT2D eigenvalue weighted by atomic mass is 9.90. The molecule has 0 aromatic heterocycles. The van der Waals surface area contributed by atoms with E-state index in [1.165, 1.54) is 7.11 Å². The first-order chi connectivity index (χ1) is 15.4. The maximum absolute atomic E-state index is 12.3. The molecule has 4 atom stereocenters. The van der Waals surface area contributed by atoms with Crippen molar-refractivity contribution in [1.82, 2.24) is 0 Å². The summed E-state index contributed by atoms with van der Waals surface area (Å²) in [7, 11) is 1.37. The third-order valence-electron chi connectivity index (χ3n) is 5.73. The number of esters is 1. The number of ether oxygens (including phenoxy) is 2. The number of unbranched alkanes of at least 4 members (excludes halogenated alkanes) is 1. The number of carbonyl (C=O) groups is 2. The van der Waals surface area contributed by atoms with Gasteiger partial charge in [0.2, 0.25) is 0 Å². The molecule has 32 heavy (non-hydrogen) atoms. The minimum atomic E-state index is -0.724. The maximum atomic E-state index is 12.3. The summed E-state index contributed by atoms with van der Waals surface area (Å²) in [5.41, 5.74) is 2.07. The van der Waals surface area contributed by atoms with E-state index in [9.17, 15) is 19.8 Å². The summed E-state index contributed by atoms with van der Waals surface area (Å²) in [6, 6.07) is 7.94. The van der Waals surface area contributed by atoms with Crippen LogP contribution in [0.25, 0.3) is 0 Å². The topological polar surface area (TPSA) is 93.1 Å². The summed E-state index contributed by atoms with van der Waals surface area (Å²) < 4.78 is 10.0. The van der Waals surface area contributed by atoms with E-state index in [-0.39, 0.29) is 30.0 Å². The van der Waals surface area contributed by atoms with Crippen LogP contribution in [-0.4, -0.2) is 47.9 Å². The molecule has 1 fully saturated rings. The summed E-state index contributed by atoms with van der Waals surface area (Å²) in [5.74, 6) is -0.775. The number of allylic oxidation sites excluding steroid dienone is 2. The van der Waals surface area contributed by atoms with Crippen molar-refractivity contribution in [1.29, 1.82) is 0 Å². The Morgan fingerprint density at radius 1 is 1.28 bits per heavy atom. The molecule has 176 valence electrons. The number of hydrogen-bond acceptors (Lipinski definition) is 6. The van der Waals surface area contributed by atoms with Gasteiger partial charge in [-0.15, -0.1) is 0 Å². The second-order valence-electron chi connectivity index (χ2n) is 8.21. The monoisotopic (exact) mass is 444 g/mol. The molecule has 0 saturated heterocycles. The van der Waals surface area contributed by atoms with Crippen molar-refractivity contribution in [2.45, 2.75) is 64.3 Å². The number of carbonyl (C=O) groups excluding carboxylic acids is 2. The van der Waals surface area contributed by atoms with Crippen molar-refractivity contribution in [2.24, 2.45) is 11.8 Å². The van der Waals surface area contributed by atoms with Gasteiger partial charge in [0.25, 0.3) is 0 Å². The van der Waals surface area contributed by atoms with Crippen molar-refractivity contribution in [3.63, 3.8) is 0 Å². The zero-order chi connectivity index (χ0) is 23.3. The molecule has 6 heteroatoms. The smallest absolute Gasteiger partial charge is 0.305 e. The molecule has 2 N–H and O–H groups in total. The Hall–Kier alpha value is -2.28. The number of hydrogen-bond donors (Lipinski definition) is 2. The highest BCUT2D eigenvalue weighted by atomic mass is 16.5. The van der Waals surface area contributed by atoms with Gasteiger partial charge in [0.15, 0.2) is 0 Å². The van der Waals surface area contributed by atoms with Crippen molar-refractivity contribution in [2.75, 3.05) is 13.7 Å². The van der Waals surface area contributed by atoms with Crippen LogP contribution in [0.1, 0.15) is 50.2 Å². The molecule has 0 spiro atoms. The fourth-order valence-corrected chi connectivity index (χ4v) is 3.99. The molecule has 0 bridgehead atoms. The molecule has 1 aliphatic carbocycles. The van der Waals surface area contributed by atoms with Crippen LogP contribution >= 0.6 is 0 Å². The van der Waals surface area contributed by atoms with Gasteiger partial charge in [0.05, 0.1) is 25.9 Å². The van der Waals surface area contributed by atoms with Crippen molar-refractivity contribution >= 4 is 11.8 Å². The van der Waals surface area contributed by atoms with Crippen LogP contribution < -0.4 is 0 Å². The Kier molecular flexibility index (Phi) is 11.4. The first kappa shape index (κ1) is 26.0. The summed E-state index contributed by atoms with van der Waals surface area (Å²) in [6.45, 7) is 3.15. The van der Waals surface area contributed by atoms with Crippen molar-refractivity contribution in [3.05, 3.63) is 59.7 Å². The Balaban J connectivity index is 1.88. The quantitative estimate of drug-likeness (QED) is 0.275. The van der Waals surface area contributed by atoms with Crippen LogP contribution in [0.15, 0.2) is 48.6 Å². The van der Waals surface area contributed by atoms with E-state index in [0.717, 1.165) is 17.5 Å². The van der Waals surface area contributed by atoms with Gasteiger partial charge < -0.3 is 19.7 Å². The van der Waals surface area contributed by atoms with Gasteiger partial charge >= 0.3 is 5.97 Å². The number of aliphatic hydroxyl groups is 2. The standard InChI is InChI=1S/C26H36O6/c1-3-32-18-20-10-8-9-19(15-20)16-21(27)13-14-23-22(24(28)17-25(23)29)11-6-4-5-7-12-26(30)31-2/h4,6,8-10,13-15,21-23,25,27,29H,3,5,7,11-12,16-18H2,1-2H3/b6-4-,14-13+/t21-,22+,23+,25+/m0/s1. The molecular weight excluding hydrogens is 408 g/mol. The molecule has 0 radical (unpaired) electrons. The molecule has 0 aliphatic heterocycles. The molecule has 1 aromatic rings. The Labute approximate surface area is 190 Å². The molecule has 1 saturated carbocycles. The van der Waals surface area contributed by atoms with Crippen LogP contribution in [0.2, 0.25) is 0 Å². The summed E-state index contributed by atoms with van der Waals surface area (Å²) in [6.07, 6.45) is 8.92. The minimum absolute atomic E-state index is 0.0458. The average molecular weight is 445 g/mol. The second-order valence-corrected chi connectivity index (χ2v) is 8.21. The molecular formula is C26H36O6. The first-order valence-electron chi connectivity index (χ1n) is 11.4. The zero-order valence-electron chi connectivity index (χ0n) is 19.1. The predicted molar refractivity (Wildman–Crippen MR) is 123 cm³/mol. The van der Waals surface area contributed by atoms with Crippen LogP contribution in [0.5, 0.6) is 0 Å². The number of Topliss-reactive ketones (excluding diaryl/α,β-unsaturated/α-hetero) is 1. The van der Waals surface area contributed by atoms with E-state index in [4.69, 9.17) is 4.74 Å². The fourth-order valence-electron chi connectivity index (χ4n) is 3.99. The second kappa shape index (κ2) is 14.0. The SMILES string of the molecule is CCOCc1cccc(C[C@@H](O)/C=C/[C@H]2[C@H](O)CC(=O)[C@@H]2C/C=C\CCCC(=O)OC)c1. The number of rotatable bonds is 13. The highest BCUT2D eigenvalue weighted by molar-refractivity contribution is 5.84. The molecule has 0 heterocycles. The number of aliphatic hydroxyl groups excluding tert-OH is 2. The molecule has 0 unspecified atom stereocenters. The highest BCUT2D eigenvalue weighted by Crippen LogP contribution is 2.33. The van der Waals surface area contributed by atoms with Crippen LogP contribution in [-0.2, 0) is 32.1 Å².